The van der Waals surface area contributed by atoms with Crippen LogP contribution in [-0.4, -0.2) is 6.29 Å². The van der Waals surface area contributed by atoms with Gasteiger partial charge in [-0.15, -0.1) is 0 Å². The van der Waals surface area contributed by atoms with E-state index in [2.05, 4.69) is 0 Å². The van der Waals surface area contributed by atoms with Crippen molar-refractivity contribution in [3.63, 3.8) is 0 Å². The number of fused-ring (bicyclic) bond motifs is 2. The molecule has 2 aliphatic rings. The summed E-state index contributed by atoms with van der Waals surface area (Å²) in [7, 11) is 0. The zero-order valence-electron chi connectivity index (χ0n) is 8.37. The number of unbranched alkanes of at least 4 members (excludes halogenated alkanes) is 2. The molecule has 0 N–H and O–H groups in total. The van der Waals surface area contributed by atoms with Crippen molar-refractivity contribution in [1.29, 1.82) is 0 Å². The van der Waals surface area contributed by atoms with Gasteiger partial charge in [-0.2, -0.15) is 0 Å². The molecule has 13 heavy (non-hydrogen) atoms. The molecular weight excluding hydrogens is 160 g/mol. The van der Waals surface area contributed by atoms with E-state index in [1.54, 1.807) is 0 Å². The van der Waals surface area contributed by atoms with Crippen LogP contribution in [0.2, 0.25) is 0 Å². The third-order valence-electron chi connectivity index (χ3n) is 4.03. The minimum absolute atomic E-state index is 0.779. The number of hydrogen-bond donors (Lipinski definition) is 0. The smallest absolute Gasteiger partial charge is 0.119 e. The highest BCUT2D eigenvalue weighted by atomic mass is 16.1. The highest BCUT2D eigenvalue weighted by molar-refractivity contribution is 5.48. The van der Waals surface area contributed by atoms with Gasteiger partial charge in [0.1, 0.15) is 6.29 Å². The molecule has 3 atom stereocenters. The Kier molecular flexibility index (Phi) is 3.02. The van der Waals surface area contributed by atoms with Crippen molar-refractivity contribution in [2.75, 3.05) is 0 Å². The van der Waals surface area contributed by atoms with Crippen LogP contribution in [0.15, 0.2) is 0 Å². The van der Waals surface area contributed by atoms with Crippen molar-refractivity contribution < 1.29 is 4.79 Å². The summed E-state index contributed by atoms with van der Waals surface area (Å²) in [6.45, 7) is 0. The number of rotatable bonds is 5. The molecule has 0 aromatic carbocycles. The van der Waals surface area contributed by atoms with Crippen LogP contribution in [0.1, 0.15) is 51.4 Å². The molecular formula is C12H20O. The summed E-state index contributed by atoms with van der Waals surface area (Å²) in [5.74, 6) is 3.19. The second kappa shape index (κ2) is 4.26. The summed E-state index contributed by atoms with van der Waals surface area (Å²) in [6, 6.07) is 0. The first kappa shape index (κ1) is 9.23. The molecule has 0 aromatic rings. The van der Waals surface area contributed by atoms with Gasteiger partial charge in [0, 0.05) is 6.42 Å². The summed E-state index contributed by atoms with van der Waals surface area (Å²) >= 11 is 0. The zero-order valence-corrected chi connectivity index (χ0v) is 8.37. The summed E-state index contributed by atoms with van der Waals surface area (Å²) in [6.07, 6.45) is 11.7. The second-order valence-electron chi connectivity index (χ2n) is 4.89. The average molecular weight is 180 g/mol. The fourth-order valence-corrected chi connectivity index (χ4v) is 3.36. The molecule has 2 bridgehead atoms. The van der Waals surface area contributed by atoms with Gasteiger partial charge in [0.05, 0.1) is 0 Å². The van der Waals surface area contributed by atoms with Crippen LogP contribution < -0.4 is 0 Å². The van der Waals surface area contributed by atoms with Crippen molar-refractivity contribution >= 4 is 6.29 Å². The van der Waals surface area contributed by atoms with Gasteiger partial charge in [0.15, 0.2) is 0 Å². The van der Waals surface area contributed by atoms with Gasteiger partial charge in [-0.25, -0.2) is 0 Å². The van der Waals surface area contributed by atoms with Crippen LogP contribution in [0, 0.1) is 17.8 Å². The highest BCUT2D eigenvalue weighted by Gasteiger charge is 2.38. The van der Waals surface area contributed by atoms with Gasteiger partial charge in [-0.05, 0) is 43.4 Å². The first-order chi connectivity index (χ1) is 6.40. The Hall–Kier alpha value is -0.330. The van der Waals surface area contributed by atoms with Crippen LogP contribution in [0.25, 0.3) is 0 Å². The molecule has 0 spiro atoms. The Morgan fingerprint density at radius 2 is 2.08 bits per heavy atom. The predicted octanol–water partition coefficient (Wildman–Crippen LogP) is 3.18. The van der Waals surface area contributed by atoms with Gasteiger partial charge in [-0.3, -0.25) is 0 Å². The Labute approximate surface area is 80.9 Å². The number of carbonyl (C=O) groups is 1. The zero-order chi connectivity index (χ0) is 9.10. The second-order valence-corrected chi connectivity index (χ2v) is 4.89. The number of carbonyl (C=O) groups excluding carboxylic acids is 1. The quantitative estimate of drug-likeness (QED) is 0.469. The van der Waals surface area contributed by atoms with Gasteiger partial charge >= 0.3 is 0 Å². The molecule has 3 unspecified atom stereocenters. The van der Waals surface area contributed by atoms with E-state index in [-0.39, 0.29) is 0 Å². The van der Waals surface area contributed by atoms with E-state index in [1.807, 2.05) is 0 Å². The van der Waals surface area contributed by atoms with Crippen molar-refractivity contribution in [2.24, 2.45) is 17.8 Å². The maximum atomic E-state index is 10.1. The molecule has 0 amide bonds. The lowest BCUT2D eigenvalue weighted by molar-refractivity contribution is -0.107. The van der Waals surface area contributed by atoms with E-state index < -0.39 is 0 Å². The van der Waals surface area contributed by atoms with Crippen molar-refractivity contribution in [3.8, 4) is 0 Å². The molecule has 2 fully saturated rings. The van der Waals surface area contributed by atoms with E-state index in [1.165, 1.54) is 38.5 Å². The molecule has 2 rings (SSSR count). The lowest BCUT2D eigenvalue weighted by Gasteiger charge is -2.21. The molecule has 1 nitrogen and oxygen atoms in total. The first-order valence-electron chi connectivity index (χ1n) is 5.84. The topological polar surface area (TPSA) is 17.1 Å². The van der Waals surface area contributed by atoms with Crippen LogP contribution in [0.4, 0.5) is 0 Å². The van der Waals surface area contributed by atoms with Crippen LogP contribution >= 0.6 is 0 Å². The molecule has 0 heterocycles. The lowest BCUT2D eigenvalue weighted by Crippen LogP contribution is -2.09. The maximum Gasteiger partial charge on any atom is 0.119 e. The average Bonchev–Trinajstić information content (AvgIpc) is 2.73. The van der Waals surface area contributed by atoms with E-state index in [4.69, 9.17) is 0 Å². The lowest BCUT2D eigenvalue weighted by atomic mass is 9.85. The monoisotopic (exact) mass is 180 g/mol. The summed E-state index contributed by atoms with van der Waals surface area (Å²) in [5, 5.41) is 0. The Morgan fingerprint density at radius 1 is 1.15 bits per heavy atom. The minimum atomic E-state index is 0.779. The van der Waals surface area contributed by atoms with Crippen molar-refractivity contribution in [1.82, 2.24) is 0 Å². The van der Waals surface area contributed by atoms with Gasteiger partial charge in [0.25, 0.3) is 0 Å². The SMILES string of the molecule is O=CCCCCC1CC2CCC1C2. The fourth-order valence-electron chi connectivity index (χ4n) is 3.36. The van der Waals surface area contributed by atoms with Crippen LogP contribution in [-0.2, 0) is 4.79 Å². The van der Waals surface area contributed by atoms with Crippen LogP contribution in [0.3, 0.4) is 0 Å². The molecule has 1 heteroatoms. The maximum absolute atomic E-state index is 10.1. The summed E-state index contributed by atoms with van der Waals surface area (Å²) in [5.41, 5.74) is 0. The van der Waals surface area contributed by atoms with Gasteiger partial charge in [0.2, 0.25) is 0 Å². The van der Waals surface area contributed by atoms with E-state index in [9.17, 15) is 4.79 Å². The van der Waals surface area contributed by atoms with Crippen molar-refractivity contribution in [3.05, 3.63) is 0 Å². The fraction of sp³-hybridized carbons (Fsp3) is 0.917. The van der Waals surface area contributed by atoms with E-state index in [0.29, 0.717) is 0 Å². The Morgan fingerprint density at radius 3 is 2.69 bits per heavy atom. The van der Waals surface area contributed by atoms with Crippen LogP contribution in [0.5, 0.6) is 0 Å². The minimum Gasteiger partial charge on any atom is -0.303 e. The third kappa shape index (κ3) is 2.12. The Balaban J connectivity index is 1.63. The molecule has 2 saturated carbocycles. The standard InChI is InChI=1S/C12H20O/c13-7-3-1-2-4-11-8-10-5-6-12(11)9-10/h7,10-12H,1-6,8-9H2. The summed E-state index contributed by atoms with van der Waals surface area (Å²) in [4.78, 5) is 10.1. The Bertz CT molecular complexity index is 176. The van der Waals surface area contributed by atoms with E-state index in [0.717, 1.165) is 36.9 Å². The van der Waals surface area contributed by atoms with Crippen molar-refractivity contribution in [2.45, 2.75) is 51.4 Å². The third-order valence-corrected chi connectivity index (χ3v) is 4.03. The molecule has 0 radical (unpaired) electrons. The molecule has 0 aliphatic heterocycles. The summed E-state index contributed by atoms with van der Waals surface area (Å²) < 4.78 is 0. The van der Waals surface area contributed by atoms with Gasteiger partial charge < -0.3 is 4.79 Å². The molecule has 74 valence electrons. The van der Waals surface area contributed by atoms with E-state index >= 15 is 0 Å². The molecule has 0 saturated heterocycles. The number of aldehydes is 1. The predicted molar refractivity (Wildman–Crippen MR) is 53.5 cm³/mol. The molecule has 0 aromatic heterocycles. The first-order valence-corrected chi connectivity index (χ1v) is 5.84. The van der Waals surface area contributed by atoms with Gasteiger partial charge in [-0.1, -0.05) is 19.3 Å². The number of hydrogen-bond acceptors (Lipinski definition) is 1. The normalized spacial score (nSPS) is 36.8. The highest BCUT2D eigenvalue weighted by Crippen LogP contribution is 2.49. The largest absolute Gasteiger partial charge is 0.303 e. The molecule has 2 aliphatic carbocycles.